The van der Waals surface area contributed by atoms with Crippen LogP contribution in [0, 0.1) is 0 Å². The molecule has 5 nitrogen and oxygen atoms in total. The predicted molar refractivity (Wildman–Crippen MR) is 56.1 cm³/mol. The largest absolute Gasteiger partial charge is 0.389 e. The Hall–Kier alpha value is -0.170. The number of rotatable bonds is 6. The molecule has 0 spiro atoms. The Bertz CT molecular complexity index is 256. The molecule has 86 valence electrons. The second kappa shape index (κ2) is 5.06. The maximum Gasteiger partial charge on any atom is 0.279 e. The maximum atomic E-state index is 11.5. The second-order valence-corrected chi connectivity index (χ2v) is 5.83. The van der Waals surface area contributed by atoms with E-state index in [9.17, 15) is 13.5 Å². The molecule has 0 atom stereocenters. The summed E-state index contributed by atoms with van der Waals surface area (Å²) in [5.41, 5.74) is -1.02. The Morgan fingerprint density at radius 3 is 2.29 bits per heavy atom. The predicted octanol–water partition coefficient (Wildman–Crippen LogP) is -0.0665. The van der Waals surface area contributed by atoms with E-state index >= 15 is 0 Å². The maximum absolute atomic E-state index is 11.5. The molecule has 0 amide bonds. The quantitative estimate of drug-likeness (QED) is 0.664. The monoisotopic (exact) mass is 224 g/mol. The highest BCUT2D eigenvalue weighted by atomic mass is 32.2. The molecule has 0 bridgehead atoms. The zero-order valence-electron chi connectivity index (χ0n) is 9.24. The lowest BCUT2D eigenvalue weighted by Crippen LogP contribution is -2.45. The molecule has 0 aromatic heterocycles. The zero-order chi connectivity index (χ0) is 11.4. The molecule has 0 saturated carbocycles. The summed E-state index contributed by atoms with van der Waals surface area (Å²) < 4.78 is 26.5. The molecule has 0 heterocycles. The van der Waals surface area contributed by atoms with Gasteiger partial charge in [0.25, 0.3) is 10.2 Å². The van der Waals surface area contributed by atoms with Crippen LogP contribution < -0.4 is 4.72 Å². The van der Waals surface area contributed by atoms with Crippen molar-refractivity contribution >= 4 is 10.2 Å². The van der Waals surface area contributed by atoms with Gasteiger partial charge >= 0.3 is 0 Å². The van der Waals surface area contributed by atoms with Crippen molar-refractivity contribution in [2.24, 2.45) is 0 Å². The molecular weight excluding hydrogens is 204 g/mol. The van der Waals surface area contributed by atoms with Gasteiger partial charge in [0.2, 0.25) is 0 Å². The SMILES string of the molecule is CCCNS(=O)(=O)N(C)CC(C)(C)O. The topological polar surface area (TPSA) is 69.6 Å². The molecule has 0 radical (unpaired) electrons. The lowest BCUT2D eigenvalue weighted by Gasteiger charge is -2.25. The van der Waals surface area contributed by atoms with Crippen molar-refractivity contribution in [3.63, 3.8) is 0 Å². The summed E-state index contributed by atoms with van der Waals surface area (Å²) >= 11 is 0. The van der Waals surface area contributed by atoms with Crippen LogP contribution in [0.25, 0.3) is 0 Å². The van der Waals surface area contributed by atoms with Gasteiger partial charge in [0.15, 0.2) is 0 Å². The third-order valence-corrected chi connectivity index (χ3v) is 3.07. The Morgan fingerprint density at radius 1 is 1.43 bits per heavy atom. The number of nitrogens with zero attached hydrogens (tertiary/aromatic N) is 1. The van der Waals surface area contributed by atoms with Crippen molar-refractivity contribution in [2.45, 2.75) is 32.8 Å². The van der Waals surface area contributed by atoms with Gasteiger partial charge in [0, 0.05) is 20.1 Å². The summed E-state index contributed by atoms with van der Waals surface area (Å²) in [5, 5.41) is 9.44. The van der Waals surface area contributed by atoms with Crippen molar-refractivity contribution in [3.05, 3.63) is 0 Å². The molecule has 0 aliphatic rings. The molecule has 0 rings (SSSR count). The number of aliphatic hydroxyl groups is 1. The van der Waals surface area contributed by atoms with Crippen LogP contribution in [-0.2, 0) is 10.2 Å². The van der Waals surface area contributed by atoms with E-state index in [0.29, 0.717) is 6.54 Å². The van der Waals surface area contributed by atoms with Gasteiger partial charge in [-0.1, -0.05) is 6.92 Å². The van der Waals surface area contributed by atoms with Gasteiger partial charge in [-0.3, -0.25) is 0 Å². The fourth-order valence-corrected chi connectivity index (χ4v) is 2.14. The first-order valence-electron chi connectivity index (χ1n) is 4.62. The van der Waals surface area contributed by atoms with Crippen molar-refractivity contribution in [3.8, 4) is 0 Å². The van der Waals surface area contributed by atoms with Crippen molar-refractivity contribution in [2.75, 3.05) is 20.1 Å². The summed E-state index contributed by atoms with van der Waals surface area (Å²) in [6, 6.07) is 0. The van der Waals surface area contributed by atoms with Crippen LogP contribution in [0.3, 0.4) is 0 Å². The summed E-state index contributed by atoms with van der Waals surface area (Å²) in [6.45, 7) is 5.51. The van der Waals surface area contributed by atoms with E-state index in [0.717, 1.165) is 10.7 Å². The lowest BCUT2D eigenvalue weighted by molar-refractivity contribution is 0.0637. The average Bonchev–Trinajstić information content (AvgIpc) is 1.97. The minimum atomic E-state index is -3.43. The molecule has 2 N–H and O–H groups in total. The highest BCUT2D eigenvalue weighted by Crippen LogP contribution is 2.05. The van der Waals surface area contributed by atoms with Crippen molar-refractivity contribution in [1.29, 1.82) is 0 Å². The van der Waals surface area contributed by atoms with Gasteiger partial charge in [-0.15, -0.1) is 0 Å². The molecule has 0 aliphatic carbocycles. The summed E-state index contributed by atoms with van der Waals surface area (Å²) in [6.07, 6.45) is 0.746. The third kappa shape index (κ3) is 5.54. The molecule has 6 heteroatoms. The van der Waals surface area contributed by atoms with E-state index in [4.69, 9.17) is 0 Å². The van der Waals surface area contributed by atoms with Gasteiger partial charge in [-0.05, 0) is 20.3 Å². The van der Waals surface area contributed by atoms with Crippen LogP contribution in [-0.4, -0.2) is 43.6 Å². The molecule has 0 fully saturated rings. The van der Waals surface area contributed by atoms with Crippen LogP contribution in [0.4, 0.5) is 0 Å². The van der Waals surface area contributed by atoms with Gasteiger partial charge < -0.3 is 5.11 Å². The van der Waals surface area contributed by atoms with Crippen molar-refractivity contribution < 1.29 is 13.5 Å². The summed E-state index contributed by atoms with van der Waals surface area (Å²) in [7, 11) is -1.99. The first kappa shape index (κ1) is 13.8. The number of hydrogen-bond donors (Lipinski definition) is 2. The first-order chi connectivity index (χ1) is 6.19. The van der Waals surface area contributed by atoms with Crippen LogP contribution in [0.15, 0.2) is 0 Å². The van der Waals surface area contributed by atoms with Gasteiger partial charge in [-0.2, -0.15) is 12.7 Å². The summed E-state index contributed by atoms with van der Waals surface area (Å²) in [5.74, 6) is 0. The first-order valence-corrected chi connectivity index (χ1v) is 6.06. The molecule has 0 aromatic carbocycles. The molecule has 14 heavy (non-hydrogen) atoms. The molecular formula is C8H20N2O3S. The minimum absolute atomic E-state index is 0.0754. The van der Waals surface area contributed by atoms with Gasteiger partial charge in [0.05, 0.1) is 5.60 Å². The average molecular weight is 224 g/mol. The van der Waals surface area contributed by atoms with E-state index in [1.807, 2.05) is 6.92 Å². The fourth-order valence-electron chi connectivity index (χ4n) is 0.971. The third-order valence-electron chi connectivity index (χ3n) is 1.55. The highest BCUT2D eigenvalue weighted by Gasteiger charge is 2.23. The van der Waals surface area contributed by atoms with E-state index in [2.05, 4.69) is 4.72 Å². The smallest absolute Gasteiger partial charge is 0.279 e. The lowest BCUT2D eigenvalue weighted by atomic mass is 10.1. The molecule has 0 aromatic rings. The minimum Gasteiger partial charge on any atom is -0.389 e. The van der Waals surface area contributed by atoms with E-state index in [1.165, 1.54) is 7.05 Å². The number of hydrogen-bond acceptors (Lipinski definition) is 3. The summed E-state index contributed by atoms with van der Waals surface area (Å²) in [4.78, 5) is 0. The normalized spacial score (nSPS) is 13.6. The molecule has 0 saturated heterocycles. The van der Waals surface area contributed by atoms with E-state index in [-0.39, 0.29) is 6.54 Å². The zero-order valence-corrected chi connectivity index (χ0v) is 10.1. The van der Waals surface area contributed by atoms with E-state index < -0.39 is 15.8 Å². The standard InChI is InChI=1S/C8H20N2O3S/c1-5-6-9-14(12,13)10(4)7-8(2,3)11/h9,11H,5-7H2,1-4H3. The Kier molecular flexibility index (Phi) is 5.00. The highest BCUT2D eigenvalue weighted by molar-refractivity contribution is 7.87. The van der Waals surface area contributed by atoms with Crippen LogP contribution in [0.1, 0.15) is 27.2 Å². The Labute approximate surface area is 86.3 Å². The number of likely N-dealkylation sites (N-methyl/N-ethyl adjacent to an activating group) is 1. The van der Waals surface area contributed by atoms with Gasteiger partial charge in [0.1, 0.15) is 0 Å². The Morgan fingerprint density at radius 2 is 1.93 bits per heavy atom. The van der Waals surface area contributed by atoms with Crippen LogP contribution >= 0.6 is 0 Å². The van der Waals surface area contributed by atoms with Crippen molar-refractivity contribution in [1.82, 2.24) is 9.03 Å². The fraction of sp³-hybridized carbons (Fsp3) is 1.00. The number of nitrogens with one attached hydrogen (secondary N) is 1. The van der Waals surface area contributed by atoms with Gasteiger partial charge in [-0.25, -0.2) is 4.72 Å². The Balaban J connectivity index is 4.30. The second-order valence-electron chi connectivity index (χ2n) is 3.97. The van der Waals surface area contributed by atoms with Crippen LogP contribution in [0.5, 0.6) is 0 Å². The molecule has 0 unspecified atom stereocenters. The molecule has 0 aliphatic heterocycles. The van der Waals surface area contributed by atoms with Crippen LogP contribution in [0.2, 0.25) is 0 Å². The van der Waals surface area contributed by atoms with E-state index in [1.54, 1.807) is 13.8 Å².